The Morgan fingerprint density at radius 1 is 1.18 bits per heavy atom. The lowest BCUT2D eigenvalue weighted by Gasteiger charge is -2.33. The third kappa shape index (κ3) is 5.15. The molecule has 1 atom stereocenters. The number of carbonyl (C=O) groups excluding carboxylic acids is 1. The van der Waals surface area contributed by atoms with Crippen molar-refractivity contribution in [2.45, 2.75) is 38.1 Å². The Kier molecular flexibility index (Phi) is 6.06. The predicted molar refractivity (Wildman–Crippen MR) is 99.1 cm³/mol. The van der Waals surface area contributed by atoms with Crippen LogP contribution in [0.5, 0.6) is 5.75 Å². The van der Waals surface area contributed by atoms with Crippen LogP contribution in [0.2, 0.25) is 0 Å². The molecule has 1 saturated heterocycles. The van der Waals surface area contributed by atoms with E-state index in [0.29, 0.717) is 37.5 Å². The van der Waals surface area contributed by atoms with Gasteiger partial charge in [-0.15, -0.1) is 0 Å². The van der Waals surface area contributed by atoms with E-state index < -0.39 is 17.8 Å². The number of benzene rings is 1. The fourth-order valence-electron chi connectivity index (χ4n) is 3.07. The number of pyridine rings is 1. The smallest absolute Gasteiger partial charge is 0.417 e. The van der Waals surface area contributed by atoms with E-state index in [1.165, 1.54) is 6.07 Å². The van der Waals surface area contributed by atoms with Crippen molar-refractivity contribution in [2.75, 3.05) is 18.0 Å². The second-order valence-electron chi connectivity index (χ2n) is 6.75. The third-order valence-electron chi connectivity index (χ3n) is 4.67. The minimum absolute atomic E-state index is 0.0000201. The minimum atomic E-state index is -4.39. The van der Waals surface area contributed by atoms with Crippen LogP contribution in [0.15, 0.2) is 48.7 Å². The van der Waals surface area contributed by atoms with Crippen molar-refractivity contribution >= 4 is 11.7 Å². The van der Waals surface area contributed by atoms with Gasteiger partial charge >= 0.3 is 6.18 Å². The molecule has 1 aromatic carbocycles. The number of halogens is 3. The van der Waals surface area contributed by atoms with Gasteiger partial charge in [-0.25, -0.2) is 4.98 Å². The van der Waals surface area contributed by atoms with Crippen LogP contribution < -0.4 is 15.0 Å². The van der Waals surface area contributed by atoms with E-state index in [-0.39, 0.29) is 11.9 Å². The van der Waals surface area contributed by atoms with Gasteiger partial charge in [0.1, 0.15) is 11.6 Å². The molecule has 1 aromatic heterocycles. The van der Waals surface area contributed by atoms with Crippen LogP contribution in [0.25, 0.3) is 0 Å². The number of ether oxygens (including phenoxy) is 1. The third-order valence-corrected chi connectivity index (χ3v) is 4.67. The lowest BCUT2D eigenvalue weighted by atomic mass is 10.0. The summed E-state index contributed by atoms with van der Waals surface area (Å²) in [5.74, 6) is 0.960. The van der Waals surface area contributed by atoms with Gasteiger partial charge in [-0.3, -0.25) is 4.79 Å². The van der Waals surface area contributed by atoms with Crippen molar-refractivity contribution in [2.24, 2.45) is 0 Å². The Morgan fingerprint density at radius 3 is 2.43 bits per heavy atom. The van der Waals surface area contributed by atoms with Crippen LogP contribution >= 0.6 is 0 Å². The summed E-state index contributed by atoms with van der Waals surface area (Å²) in [7, 11) is 0. The quantitative estimate of drug-likeness (QED) is 0.843. The fourth-order valence-corrected chi connectivity index (χ4v) is 3.07. The van der Waals surface area contributed by atoms with Crippen LogP contribution in [0.4, 0.5) is 19.0 Å². The Morgan fingerprint density at radius 2 is 1.86 bits per heavy atom. The van der Waals surface area contributed by atoms with Gasteiger partial charge in [0.25, 0.3) is 5.91 Å². The van der Waals surface area contributed by atoms with Crippen LogP contribution in [-0.2, 0) is 11.0 Å². The Hall–Kier alpha value is -2.77. The number of para-hydroxylation sites is 1. The number of hydrogen-bond acceptors (Lipinski definition) is 4. The number of alkyl halides is 3. The molecule has 0 radical (unpaired) electrons. The Bertz CT molecular complexity index is 774. The van der Waals surface area contributed by atoms with E-state index in [4.69, 9.17) is 4.74 Å². The van der Waals surface area contributed by atoms with E-state index in [1.54, 1.807) is 19.1 Å². The van der Waals surface area contributed by atoms with Gasteiger partial charge in [0.2, 0.25) is 0 Å². The van der Waals surface area contributed by atoms with E-state index in [0.717, 1.165) is 12.3 Å². The Labute approximate surface area is 161 Å². The summed E-state index contributed by atoms with van der Waals surface area (Å²) in [6.45, 7) is 2.91. The molecule has 0 bridgehead atoms. The molecule has 3 rings (SSSR count). The molecule has 1 aliphatic heterocycles. The zero-order chi connectivity index (χ0) is 20.1. The molecule has 1 aliphatic rings. The number of nitrogens with one attached hydrogen (secondary N) is 1. The van der Waals surface area contributed by atoms with Gasteiger partial charge in [0, 0.05) is 25.3 Å². The van der Waals surface area contributed by atoms with Gasteiger partial charge in [-0.2, -0.15) is 13.2 Å². The number of anilines is 1. The van der Waals surface area contributed by atoms with E-state index >= 15 is 0 Å². The minimum Gasteiger partial charge on any atom is -0.481 e. The van der Waals surface area contributed by atoms with Crippen molar-refractivity contribution in [3.8, 4) is 5.75 Å². The first-order valence-electron chi connectivity index (χ1n) is 9.13. The summed E-state index contributed by atoms with van der Waals surface area (Å²) < 4.78 is 43.5. The number of hydrogen-bond donors (Lipinski definition) is 1. The SMILES string of the molecule is C[C@H](Oc1ccccc1)C(=O)NC1CCN(c2ccc(C(F)(F)F)cn2)CC1. The van der Waals surface area contributed by atoms with Crippen molar-refractivity contribution in [3.05, 3.63) is 54.2 Å². The van der Waals surface area contributed by atoms with Crippen molar-refractivity contribution in [1.82, 2.24) is 10.3 Å². The topological polar surface area (TPSA) is 54.5 Å². The molecule has 2 aromatic rings. The largest absolute Gasteiger partial charge is 0.481 e. The second kappa shape index (κ2) is 8.50. The second-order valence-corrected chi connectivity index (χ2v) is 6.75. The van der Waals surface area contributed by atoms with E-state index in [2.05, 4.69) is 10.3 Å². The normalized spacial score (nSPS) is 16.5. The average molecular weight is 393 g/mol. The zero-order valence-corrected chi connectivity index (χ0v) is 15.4. The highest BCUT2D eigenvalue weighted by Crippen LogP contribution is 2.29. The van der Waals surface area contributed by atoms with Crippen LogP contribution in [0.1, 0.15) is 25.3 Å². The highest BCUT2D eigenvalue weighted by Gasteiger charge is 2.31. The number of rotatable bonds is 5. The average Bonchev–Trinajstić information content (AvgIpc) is 2.69. The molecule has 0 spiro atoms. The maximum Gasteiger partial charge on any atom is 0.417 e. The van der Waals surface area contributed by atoms with Gasteiger partial charge < -0.3 is 15.0 Å². The fraction of sp³-hybridized carbons (Fsp3) is 0.400. The number of amides is 1. The van der Waals surface area contributed by atoms with Gasteiger partial charge in [0.15, 0.2) is 6.10 Å². The van der Waals surface area contributed by atoms with Gasteiger partial charge in [-0.05, 0) is 44.0 Å². The molecular weight excluding hydrogens is 371 g/mol. The summed E-state index contributed by atoms with van der Waals surface area (Å²) in [6.07, 6.45) is -2.77. The van der Waals surface area contributed by atoms with Crippen molar-refractivity contribution in [1.29, 1.82) is 0 Å². The molecular formula is C20H22F3N3O2. The molecule has 1 amide bonds. The summed E-state index contributed by atoms with van der Waals surface area (Å²) >= 11 is 0. The summed E-state index contributed by atoms with van der Waals surface area (Å²) in [5.41, 5.74) is -0.759. The first kappa shape index (κ1) is 20.0. The molecule has 5 nitrogen and oxygen atoms in total. The molecule has 0 saturated carbocycles. The Balaban J connectivity index is 1.48. The van der Waals surface area contributed by atoms with Crippen LogP contribution in [-0.4, -0.2) is 36.1 Å². The standard InChI is InChI=1S/C20H22F3N3O2/c1-14(28-17-5-3-2-4-6-17)19(27)25-16-9-11-26(12-10-16)18-8-7-15(13-24-18)20(21,22)23/h2-8,13-14,16H,9-12H2,1H3,(H,25,27)/t14-/m0/s1. The molecule has 0 unspecified atom stereocenters. The molecule has 2 heterocycles. The number of nitrogens with zero attached hydrogens (tertiary/aromatic N) is 2. The van der Waals surface area contributed by atoms with Gasteiger partial charge in [0.05, 0.1) is 5.56 Å². The summed E-state index contributed by atoms with van der Waals surface area (Å²) in [4.78, 5) is 18.2. The van der Waals surface area contributed by atoms with Crippen molar-refractivity contribution < 1.29 is 22.7 Å². The van der Waals surface area contributed by atoms with Crippen LogP contribution in [0.3, 0.4) is 0 Å². The van der Waals surface area contributed by atoms with Crippen molar-refractivity contribution in [3.63, 3.8) is 0 Å². The van der Waals surface area contributed by atoms with Gasteiger partial charge in [-0.1, -0.05) is 18.2 Å². The highest BCUT2D eigenvalue weighted by molar-refractivity contribution is 5.81. The predicted octanol–water partition coefficient (Wildman–Crippen LogP) is 3.65. The van der Waals surface area contributed by atoms with E-state index in [9.17, 15) is 18.0 Å². The maximum atomic E-state index is 12.6. The molecule has 8 heteroatoms. The lowest BCUT2D eigenvalue weighted by Crippen LogP contribution is -2.48. The first-order valence-corrected chi connectivity index (χ1v) is 9.13. The molecule has 28 heavy (non-hydrogen) atoms. The summed E-state index contributed by atoms with van der Waals surface area (Å²) in [5, 5.41) is 2.98. The molecule has 1 fully saturated rings. The van der Waals surface area contributed by atoms with E-state index in [1.807, 2.05) is 23.1 Å². The molecule has 1 N–H and O–H groups in total. The monoisotopic (exact) mass is 393 g/mol. The number of carbonyl (C=O) groups is 1. The summed E-state index contributed by atoms with van der Waals surface area (Å²) in [6, 6.07) is 11.6. The number of aromatic nitrogens is 1. The number of piperidine rings is 1. The maximum absolute atomic E-state index is 12.6. The lowest BCUT2D eigenvalue weighted by molar-refractivity contribution is -0.137. The molecule has 150 valence electrons. The molecule has 0 aliphatic carbocycles. The van der Waals surface area contributed by atoms with Crippen LogP contribution in [0, 0.1) is 0 Å². The first-order chi connectivity index (χ1) is 13.3. The highest BCUT2D eigenvalue weighted by atomic mass is 19.4. The zero-order valence-electron chi connectivity index (χ0n) is 15.4.